The van der Waals surface area contributed by atoms with E-state index in [-0.39, 0.29) is 19.4 Å². The third-order valence-electron chi connectivity index (χ3n) is 5.70. The largest absolute Gasteiger partial charge is 0.435 e. The van der Waals surface area contributed by atoms with E-state index in [9.17, 15) is 55.2 Å². The van der Waals surface area contributed by atoms with Crippen LogP contribution in [0, 0.1) is 0 Å². The van der Waals surface area contributed by atoms with Gasteiger partial charge >= 0.3 is 0 Å². The molecule has 0 saturated carbocycles. The van der Waals surface area contributed by atoms with Crippen LogP contribution in [0.25, 0.3) is 0 Å². The maximum absolute atomic E-state index is 11.0. The number of carbonyl (C=O) groups is 3. The summed E-state index contributed by atoms with van der Waals surface area (Å²) in [6.07, 6.45) is -29.2. The second kappa shape index (κ2) is 12.6. The fraction of sp³-hybridized carbons (Fsp3) is 0.833. The Labute approximate surface area is 206 Å². The summed E-state index contributed by atoms with van der Waals surface area (Å²) in [4.78, 5) is 32.4. The summed E-state index contributed by atoms with van der Waals surface area (Å²) in [5, 5.41) is 80.8. The van der Waals surface area contributed by atoms with E-state index in [2.05, 4.69) is 14.2 Å². The lowest BCUT2D eigenvalue weighted by atomic mass is 10.0. The number of aliphatic hydroxyl groups excluding tert-OH is 8. The standard InChI is InChI=1S/C18H26O19/c19-1-30-14-8(26)4(22)9(27)15(36-14)34-12-6(24)10(28)16(37-18(12)32-3-21)33-11-5(23)7(25)13(29)35-17(11)31-2-20/h1-18,22-29H/t4?,5?,6-,7?,8+,9?,10?,11+,12+,13-,14-,15-,16-,17-,18?/m1/s1. The predicted octanol–water partition coefficient (Wildman–Crippen LogP) is -7.16. The average molecular weight is 546 g/mol. The molecular formula is C18H26O19. The summed E-state index contributed by atoms with van der Waals surface area (Å²) < 4.78 is 39.4. The van der Waals surface area contributed by atoms with Crippen molar-refractivity contribution >= 4 is 19.4 Å². The Morgan fingerprint density at radius 2 is 0.811 bits per heavy atom. The topological polar surface area (TPSA) is 287 Å². The van der Waals surface area contributed by atoms with Crippen molar-refractivity contribution in [2.45, 2.75) is 92.7 Å². The van der Waals surface area contributed by atoms with Crippen LogP contribution < -0.4 is 0 Å². The van der Waals surface area contributed by atoms with Gasteiger partial charge in [0.1, 0.15) is 42.7 Å². The zero-order valence-corrected chi connectivity index (χ0v) is 18.5. The predicted molar refractivity (Wildman–Crippen MR) is 101 cm³/mol. The Kier molecular flexibility index (Phi) is 10.0. The van der Waals surface area contributed by atoms with E-state index in [1.807, 2.05) is 0 Å². The van der Waals surface area contributed by atoms with Gasteiger partial charge in [-0.05, 0) is 0 Å². The summed E-state index contributed by atoms with van der Waals surface area (Å²) in [5.74, 6) is 0. The van der Waals surface area contributed by atoms with Crippen molar-refractivity contribution in [2.75, 3.05) is 0 Å². The highest BCUT2D eigenvalue weighted by Crippen LogP contribution is 2.32. The third kappa shape index (κ3) is 6.15. The van der Waals surface area contributed by atoms with Crippen molar-refractivity contribution in [1.29, 1.82) is 0 Å². The molecule has 37 heavy (non-hydrogen) atoms. The summed E-state index contributed by atoms with van der Waals surface area (Å²) in [6.45, 7) is -0.414. The number of carbonyl (C=O) groups excluding carboxylic acids is 3. The van der Waals surface area contributed by atoms with Crippen molar-refractivity contribution in [3.05, 3.63) is 0 Å². The number of aliphatic hydroxyl groups is 8. The van der Waals surface area contributed by atoms with E-state index in [1.54, 1.807) is 0 Å². The first-order chi connectivity index (χ1) is 17.5. The highest BCUT2D eigenvalue weighted by atomic mass is 16.8. The number of hydrogen-bond acceptors (Lipinski definition) is 19. The molecule has 8 N–H and O–H groups in total. The molecule has 0 amide bonds. The van der Waals surface area contributed by atoms with Crippen LogP contribution in [0.1, 0.15) is 0 Å². The van der Waals surface area contributed by atoms with Gasteiger partial charge in [-0.3, -0.25) is 14.4 Å². The Morgan fingerprint density at radius 3 is 1.32 bits per heavy atom. The van der Waals surface area contributed by atoms with Gasteiger partial charge in [0.2, 0.25) is 18.9 Å². The van der Waals surface area contributed by atoms with Crippen LogP contribution in [0.5, 0.6) is 0 Å². The quantitative estimate of drug-likeness (QED) is 0.0932. The van der Waals surface area contributed by atoms with Crippen LogP contribution in [-0.4, -0.2) is 153 Å². The molecule has 3 aliphatic heterocycles. The zero-order chi connectivity index (χ0) is 27.4. The van der Waals surface area contributed by atoms with Crippen LogP contribution in [0.3, 0.4) is 0 Å². The molecule has 0 radical (unpaired) electrons. The minimum absolute atomic E-state index is 0.126. The van der Waals surface area contributed by atoms with Crippen LogP contribution in [0.15, 0.2) is 0 Å². The van der Waals surface area contributed by atoms with Crippen molar-refractivity contribution in [3.8, 4) is 0 Å². The molecular weight excluding hydrogens is 520 g/mol. The molecule has 3 heterocycles. The Morgan fingerprint density at radius 1 is 0.432 bits per heavy atom. The Bertz CT molecular complexity index is 769. The highest BCUT2D eigenvalue weighted by Gasteiger charge is 2.54. The van der Waals surface area contributed by atoms with Crippen LogP contribution in [0.4, 0.5) is 0 Å². The Balaban J connectivity index is 1.77. The van der Waals surface area contributed by atoms with Gasteiger partial charge in [0, 0.05) is 0 Å². The Hall–Kier alpha value is -2.11. The molecule has 19 nitrogen and oxygen atoms in total. The lowest BCUT2D eigenvalue weighted by Gasteiger charge is -2.46. The van der Waals surface area contributed by atoms with Crippen LogP contribution in [-0.2, 0) is 52.3 Å². The van der Waals surface area contributed by atoms with Gasteiger partial charge in [0.25, 0.3) is 19.4 Å². The molecule has 212 valence electrons. The molecule has 0 aliphatic carbocycles. The fourth-order valence-corrected chi connectivity index (χ4v) is 3.76. The molecule has 0 bridgehead atoms. The first kappa shape index (κ1) is 29.4. The van der Waals surface area contributed by atoms with Crippen molar-refractivity contribution in [1.82, 2.24) is 0 Å². The monoisotopic (exact) mass is 546 g/mol. The smallest absolute Gasteiger partial charge is 0.295 e. The minimum atomic E-state index is -2.09. The first-order valence-electron chi connectivity index (χ1n) is 10.5. The summed E-state index contributed by atoms with van der Waals surface area (Å²) in [7, 11) is 0. The van der Waals surface area contributed by atoms with Crippen LogP contribution >= 0.6 is 0 Å². The zero-order valence-electron chi connectivity index (χ0n) is 18.5. The summed E-state index contributed by atoms with van der Waals surface area (Å²) >= 11 is 0. The lowest BCUT2D eigenvalue weighted by molar-refractivity contribution is -0.412. The lowest BCUT2D eigenvalue weighted by Crippen LogP contribution is -2.66. The first-order valence-corrected chi connectivity index (χ1v) is 10.5. The van der Waals surface area contributed by atoms with E-state index in [0.717, 1.165) is 0 Å². The van der Waals surface area contributed by atoms with Crippen molar-refractivity contribution < 1.29 is 93.1 Å². The van der Waals surface area contributed by atoms with E-state index in [1.165, 1.54) is 0 Å². The second-order valence-electron chi connectivity index (χ2n) is 7.97. The van der Waals surface area contributed by atoms with Gasteiger partial charge in [-0.2, -0.15) is 0 Å². The number of hydrogen-bond donors (Lipinski definition) is 8. The minimum Gasteiger partial charge on any atom is -0.435 e. The molecule has 0 spiro atoms. The number of ether oxygens (including phenoxy) is 8. The van der Waals surface area contributed by atoms with E-state index >= 15 is 0 Å². The summed E-state index contributed by atoms with van der Waals surface area (Å²) in [6, 6.07) is 0. The van der Waals surface area contributed by atoms with Gasteiger partial charge in [-0.15, -0.1) is 0 Å². The maximum atomic E-state index is 11.0. The average Bonchev–Trinajstić information content (AvgIpc) is 2.87. The van der Waals surface area contributed by atoms with Gasteiger partial charge < -0.3 is 78.7 Å². The van der Waals surface area contributed by atoms with Gasteiger partial charge in [0.15, 0.2) is 31.1 Å². The second-order valence-corrected chi connectivity index (χ2v) is 7.97. The molecule has 6 unspecified atom stereocenters. The number of rotatable bonds is 10. The highest BCUT2D eigenvalue weighted by molar-refractivity contribution is 5.38. The van der Waals surface area contributed by atoms with Crippen molar-refractivity contribution in [3.63, 3.8) is 0 Å². The van der Waals surface area contributed by atoms with Gasteiger partial charge in [0.05, 0.1) is 0 Å². The molecule has 19 heteroatoms. The fourth-order valence-electron chi connectivity index (χ4n) is 3.76. The normalized spacial score (nSPS) is 48.5. The van der Waals surface area contributed by atoms with E-state index < -0.39 is 92.7 Å². The SMILES string of the molecule is O=COC1O[C@@H](O[C@H]2C(O)C(O)[C@H](O)O[C@H]2OC=O)C(O)[C@@H](O)[C@@H]1O[C@@H]1O[C@@H](OC=O)[C@@H](O)C(O)C1O. The summed E-state index contributed by atoms with van der Waals surface area (Å²) in [5.41, 5.74) is 0. The van der Waals surface area contributed by atoms with Crippen molar-refractivity contribution in [2.24, 2.45) is 0 Å². The van der Waals surface area contributed by atoms with E-state index in [0.29, 0.717) is 0 Å². The maximum Gasteiger partial charge on any atom is 0.295 e. The van der Waals surface area contributed by atoms with Gasteiger partial charge in [-0.25, -0.2) is 0 Å². The molecule has 0 aromatic carbocycles. The molecule has 15 atom stereocenters. The molecule has 3 saturated heterocycles. The van der Waals surface area contributed by atoms with Gasteiger partial charge in [-0.1, -0.05) is 0 Å². The third-order valence-corrected chi connectivity index (χ3v) is 5.70. The molecule has 3 fully saturated rings. The molecule has 0 aromatic rings. The van der Waals surface area contributed by atoms with Crippen LogP contribution in [0.2, 0.25) is 0 Å². The molecule has 3 rings (SSSR count). The molecule has 0 aromatic heterocycles. The molecule has 3 aliphatic rings. The van der Waals surface area contributed by atoms with E-state index in [4.69, 9.17) is 23.7 Å².